The Labute approximate surface area is 144 Å². The molecule has 0 aliphatic carbocycles. The van der Waals surface area contributed by atoms with E-state index in [0.29, 0.717) is 17.0 Å². The standard InChI is InChI=1S/C15H12F3N5O3/c1-9-4-21-26-12(9)7-23-13(24)3-2-11(22-23)10-5-19-14(20-6-10)25-8-15(16,17)18/h2-6H,7-8H2,1H3. The highest BCUT2D eigenvalue weighted by Gasteiger charge is 2.28. The number of hydrogen-bond acceptors (Lipinski definition) is 7. The lowest BCUT2D eigenvalue weighted by Crippen LogP contribution is -2.23. The summed E-state index contributed by atoms with van der Waals surface area (Å²) >= 11 is 0. The second kappa shape index (κ2) is 6.94. The Balaban J connectivity index is 1.80. The van der Waals surface area contributed by atoms with Crippen LogP contribution in [0.4, 0.5) is 13.2 Å². The van der Waals surface area contributed by atoms with Crippen LogP contribution in [0.1, 0.15) is 11.3 Å². The third kappa shape index (κ3) is 4.23. The summed E-state index contributed by atoms with van der Waals surface area (Å²) in [7, 11) is 0. The maximum atomic E-state index is 12.1. The van der Waals surface area contributed by atoms with Gasteiger partial charge in [-0.25, -0.2) is 14.6 Å². The lowest BCUT2D eigenvalue weighted by Gasteiger charge is -2.08. The average Bonchev–Trinajstić information content (AvgIpc) is 3.00. The van der Waals surface area contributed by atoms with Gasteiger partial charge in [-0.1, -0.05) is 5.16 Å². The number of alkyl halides is 3. The molecule has 0 aromatic carbocycles. The van der Waals surface area contributed by atoms with Gasteiger partial charge in [-0.2, -0.15) is 18.3 Å². The molecule has 3 heterocycles. The first-order valence-electron chi connectivity index (χ1n) is 7.32. The van der Waals surface area contributed by atoms with Crippen molar-refractivity contribution in [3.05, 3.63) is 52.4 Å². The number of halogens is 3. The van der Waals surface area contributed by atoms with Crippen LogP contribution < -0.4 is 10.3 Å². The first kappa shape index (κ1) is 17.6. The Bertz CT molecular complexity index is 950. The Hall–Kier alpha value is -3.24. The Morgan fingerprint density at radius 2 is 1.92 bits per heavy atom. The van der Waals surface area contributed by atoms with Crippen LogP contribution in [0.2, 0.25) is 0 Å². The van der Waals surface area contributed by atoms with E-state index in [-0.39, 0.29) is 12.1 Å². The fourth-order valence-corrected chi connectivity index (χ4v) is 1.99. The van der Waals surface area contributed by atoms with Crippen LogP contribution in [-0.4, -0.2) is 37.7 Å². The van der Waals surface area contributed by atoms with Gasteiger partial charge in [0.15, 0.2) is 12.4 Å². The highest BCUT2D eigenvalue weighted by molar-refractivity contribution is 5.55. The molecule has 0 spiro atoms. The molecule has 26 heavy (non-hydrogen) atoms. The van der Waals surface area contributed by atoms with Crippen molar-refractivity contribution in [2.24, 2.45) is 0 Å². The number of hydrogen-bond donors (Lipinski definition) is 0. The number of nitrogens with zero attached hydrogens (tertiary/aromatic N) is 5. The van der Waals surface area contributed by atoms with Gasteiger partial charge >= 0.3 is 12.2 Å². The van der Waals surface area contributed by atoms with E-state index in [1.807, 2.05) is 0 Å². The molecule has 0 unspecified atom stereocenters. The zero-order chi connectivity index (χ0) is 18.7. The van der Waals surface area contributed by atoms with Gasteiger partial charge in [-0.3, -0.25) is 4.79 Å². The van der Waals surface area contributed by atoms with Gasteiger partial charge in [0.05, 0.1) is 11.9 Å². The first-order chi connectivity index (χ1) is 12.3. The Morgan fingerprint density at radius 1 is 1.19 bits per heavy atom. The van der Waals surface area contributed by atoms with Gasteiger partial charge in [0.2, 0.25) is 0 Å². The monoisotopic (exact) mass is 367 g/mol. The van der Waals surface area contributed by atoms with E-state index >= 15 is 0 Å². The third-order valence-electron chi connectivity index (χ3n) is 3.30. The summed E-state index contributed by atoms with van der Waals surface area (Å²) in [6.07, 6.45) is -0.430. The summed E-state index contributed by atoms with van der Waals surface area (Å²) in [4.78, 5) is 19.4. The summed E-state index contributed by atoms with van der Waals surface area (Å²) < 4.78 is 47.0. The van der Waals surface area contributed by atoms with Crippen LogP contribution in [0, 0.1) is 6.92 Å². The van der Waals surface area contributed by atoms with Crippen LogP contribution in [-0.2, 0) is 6.54 Å². The van der Waals surface area contributed by atoms with E-state index in [4.69, 9.17) is 4.52 Å². The van der Waals surface area contributed by atoms with Crippen molar-refractivity contribution in [3.63, 3.8) is 0 Å². The van der Waals surface area contributed by atoms with Crippen LogP contribution in [0.25, 0.3) is 11.3 Å². The molecule has 0 saturated carbocycles. The zero-order valence-electron chi connectivity index (χ0n) is 13.4. The van der Waals surface area contributed by atoms with Crippen molar-refractivity contribution < 1.29 is 22.4 Å². The van der Waals surface area contributed by atoms with Crippen molar-refractivity contribution in [2.45, 2.75) is 19.6 Å². The first-order valence-corrected chi connectivity index (χ1v) is 7.32. The highest BCUT2D eigenvalue weighted by Crippen LogP contribution is 2.18. The zero-order valence-corrected chi connectivity index (χ0v) is 13.4. The van der Waals surface area contributed by atoms with Crippen LogP contribution in [0.5, 0.6) is 6.01 Å². The number of rotatable bonds is 5. The molecule has 0 atom stereocenters. The largest absolute Gasteiger partial charge is 0.454 e. The second-order valence-electron chi connectivity index (χ2n) is 5.30. The highest BCUT2D eigenvalue weighted by atomic mass is 19.4. The predicted octanol–water partition coefficient (Wildman–Crippen LogP) is 1.99. The smallest absolute Gasteiger partial charge is 0.422 e. The van der Waals surface area contributed by atoms with Crippen molar-refractivity contribution in [2.75, 3.05) is 6.61 Å². The molecule has 8 nitrogen and oxygen atoms in total. The fraction of sp³-hybridized carbons (Fsp3) is 0.267. The lowest BCUT2D eigenvalue weighted by molar-refractivity contribution is -0.154. The summed E-state index contributed by atoms with van der Waals surface area (Å²) in [5.41, 5.74) is 1.20. The van der Waals surface area contributed by atoms with Crippen molar-refractivity contribution in [1.82, 2.24) is 24.9 Å². The van der Waals surface area contributed by atoms with E-state index < -0.39 is 18.8 Å². The fourth-order valence-electron chi connectivity index (χ4n) is 1.99. The van der Waals surface area contributed by atoms with Crippen LogP contribution >= 0.6 is 0 Å². The predicted molar refractivity (Wildman–Crippen MR) is 81.4 cm³/mol. The second-order valence-corrected chi connectivity index (χ2v) is 5.30. The van der Waals surface area contributed by atoms with Gasteiger partial charge in [0.1, 0.15) is 6.54 Å². The van der Waals surface area contributed by atoms with E-state index in [1.54, 1.807) is 6.92 Å². The molecule has 0 fully saturated rings. The van der Waals surface area contributed by atoms with Crippen LogP contribution in [0.15, 0.2) is 40.0 Å². The molecule has 0 bridgehead atoms. The minimum absolute atomic E-state index is 0.0894. The average molecular weight is 367 g/mol. The van der Waals surface area contributed by atoms with Crippen molar-refractivity contribution >= 4 is 0 Å². The van der Waals surface area contributed by atoms with Gasteiger partial charge < -0.3 is 9.26 Å². The molecular weight excluding hydrogens is 355 g/mol. The van der Waals surface area contributed by atoms with Gasteiger partial charge in [0, 0.05) is 29.6 Å². The van der Waals surface area contributed by atoms with E-state index in [9.17, 15) is 18.0 Å². The molecule has 3 aromatic heterocycles. The van der Waals surface area contributed by atoms with E-state index in [0.717, 1.165) is 5.56 Å². The molecule has 0 saturated heterocycles. The molecule has 0 N–H and O–H groups in total. The third-order valence-corrected chi connectivity index (χ3v) is 3.30. The molecule has 0 aliphatic rings. The molecule has 0 aliphatic heterocycles. The van der Waals surface area contributed by atoms with Gasteiger partial charge in [-0.05, 0) is 13.0 Å². The number of aromatic nitrogens is 5. The SMILES string of the molecule is Cc1cnoc1Cn1nc(-c2cnc(OCC(F)(F)F)nc2)ccc1=O. The molecule has 0 amide bonds. The maximum absolute atomic E-state index is 12.1. The minimum atomic E-state index is -4.47. The summed E-state index contributed by atoms with van der Waals surface area (Å²) in [6, 6.07) is 2.36. The van der Waals surface area contributed by atoms with Gasteiger partial charge in [-0.15, -0.1) is 0 Å². The van der Waals surface area contributed by atoms with Gasteiger partial charge in [0.25, 0.3) is 5.56 Å². The summed E-state index contributed by atoms with van der Waals surface area (Å²) in [6.45, 7) is 0.395. The molecular formula is C15H12F3N5O3. The van der Waals surface area contributed by atoms with Crippen molar-refractivity contribution in [1.29, 1.82) is 0 Å². The number of ether oxygens (including phenoxy) is 1. The van der Waals surface area contributed by atoms with E-state index in [1.165, 1.54) is 35.4 Å². The lowest BCUT2D eigenvalue weighted by atomic mass is 10.2. The number of aryl methyl sites for hydroxylation is 1. The normalized spacial score (nSPS) is 11.5. The quantitative estimate of drug-likeness (QED) is 0.680. The van der Waals surface area contributed by atoms with Crippen LogP contribution in [0.3, 0.4) is 0 Å². The van der Waals surface area contributed by atoms with E-state index in [2.05, 4.69) is 25.0 Å². The molecule has 11 heteroatoms. The molecule has 3 aromatic rings. The van der Waals surface area contributed by atoms with Crippen molar-refractivity contribution in [3.8, 4) is 17.3 Å². The molecule has 3 rings (SSSR count). The topological polar surface area (TPSA) is 95.9 Å². The molecule has 0 radical (unpaired) electrons. The Kier molecular flexibility index (Phi) is 4.69. The Morgan fingerprint density at radius 3 is 2.54 bits per heavy atom. The molecule has 136 valence electrons. The maximum Gasteiger partial charge on any atom is 0.422 e. The summed E-state index contributed by atoms with van der Waals surface area (Å²) in [5, 5.41) is 7.83. The summed E-state index contributed by atoms with van der Waals surface area (Å²) in [5.74, 6) is 0.490. The minimum Gasteiger partial charge on any atom is -0.454 e.